The quantitative estimate of drug-likeness (QED) is 0.680. The smallest absolute Gasteiger partial charge is 0.315 e. The SMILES string of the molecule is CC(C#N)CNC(=O)NC1CCOC1. The highest BCUT2D eigenvalue weighted by Crippen LogP contribution is 2.02. The van der Waals surface area contributed by atoms with Gasteiger partial charge in [-0.25, -0.2) is 4.79 Å². The second-order valence-corrected chi connectivity index (χ2v) is 3.45. The lowest BCUT2D eigenvalue weighted by Gasteiger charge is -2.12. The summed E-state index contributed by atoms with van der Waals surface area (Å²) in [6.45, 7) is 3.44. The Labute approximate surface area is 83.4 Å². The summed E-state index contributed by atoms with van der Waals surface area (Å²) in [6, 6.07) is 1.94. The van der Waals surface area contributed by atoms with Crippen LogP contribution in [0.25, 0.3) is 0 Å². The first-order chi connectivity index (χ1) is 6.72. The van der Waals surface area contributed by atoms with Crippen molar-refractivity contribution in [2.45, 2.75) is 19.4 Å². The normalized spacial score (nSPS) is 22.4. The van der Waals surface area contributed by atoms with Crippen LogP contribution in [0.15, 0.2) is 0 Å². The molecule has 1 aliphatic heterocycles. The Kier molecular flexibility index (Phi) is 4.20. The third-order valence-electron chi connectivity index (χ3n) is 2.05. The Morgan fingerprint density at radius 2 is 2.57 bits per heavy atom. The number of amides is 2. The van der Waals surface area contributed by atoms with E-state index in [-0.39, 0.29) is 18.0 Å². The molecule has 0 aromatic heterocycles. The zero-order chi connectivity index (χ0) is 10.4. The van der Waals surface area contributed by atoms with Crippen molar-refractivity contribution in [1.82, 2.24) is 10.6 Å². The lowest BCUT2D eigenvalue weighted by Crippen LogP contribution is -2.43. The number of carbonyl (C=O) groups is 1. The third-order valence-corrected chi connectivity index (χ3v) is 2.05. The number of nitrogens with one attached hydrogen (secondary N) is 2. The van der Waals surface area contributed by atoms with Gasteiger partial charge in [-0.3, -0.25) is 0 Å². The fraction of sp³-hybridized carbons (Fsp3) is 0.778. The summed E-state index contributed by atoms with van der Waals surface area (Å²) < 4.78 is 5.11. The summed E-state index contributed by atoms with van der Waals surface area (Å²) in [5, 5.41) is 13.9. The lowest BCUT2D eigenvalue weighted by molar-refractivity contribution is 0.188. The van der Waals surface area contributed by atoms with Gasteiger partial charge in [-0.1, -0.05) is 0 Å². The van der Waals surface area contributed by atoms with E-state index < -0.39 is 0 Å². The molecular formula is C9H15N3O2. The molecule has 0 radical (unpaired) electrons. The van der Waals surface area contributed by atoms with E-state index >= 15 is 0 Å². The maximum Gasteiger partial charge on any atom is 0.315 e. The standard InChI is InChI=1S/C9H15N3O2/c1-7(4-10)5-11-9(13)12-8-2-3-14-6-8/h7-8H,2-3,5-6H2,1H3,(H2,11,12,13). The van der Waals surface area contributed by atoms with Crippen LogP contribution >= 0.6 is 0 Å². The Balaban J connectivity index is 2.12. The first-order valence-corrected chi connectivity index (χ1v) is 4.74. The van der Waals surface area contributed by atoms with Crippen molar-refractivity contribution in [1.29, 1.82) is 5.26 Å². The van der Waals surface area contributed by atoms with Gasteiger partial charge in [0.05, 0.1) is 24.6 Å². The van der Waals surface area contributed by atoms with Crippen LogP contribution in [0.4, 0.5) is 4.79 Å². The topological polar surface area (TPSA) is 74.2 Å². The average Bonchev–Trinajstić information content (AvgIpc) is 2.66. The van der Waals surface area contributed by atoms with Crippen LogP contribution in [0, 0.1) is 17.2 Å². The second kappa shape index (κ2) is 5.45. The van der Waals surface area contributed by atoms with Crippen LogP contribution < -0.4 is 10.6 Å². The predicted octanol–water partition coefficient (Wildman–Crippen LogP) is 0.234. The first-order valence-electron chi connectivity index (χ1n) is 4.74. The van der Waals surface area contributed by atoms with E-state index in [1.54, 1.807) is 6.92 Å². The van der Waals surface area contributed by atoms with E-state index in [2.05, 4.69) is 10.6 Å². The molecule has 1 heterocycles. The van der Waals surface area contributed by atoms with Gasteiger partial charge in [-0.15, -0.1) is 0 Å². The molecule has 0 aliphatic carbocycles. The Bertz CT molecular complexity index is 231. The molecule has 2 atom stereocenters. The molecule has 0 bridgehead atoms. The summed E-state index contributed by atoms with van der Waals surface area (Å²) in [4.78, 5) is 11.2. The number of ether oxygens (including phenoxy) is 1. The Hall–Kier alpha value is -1.28. The van der Waals surface area contributed by atoms with Gasteiger partial charge in [-0.05, 0) is 13.3 Å². The summed E-state index contributed by atoms with van der Waals surface area (Å²) in [6.07, 6.45) is 0.862. The minimum absolute atomic E-state index is 0.118. The molecule has 2 N–H and O–H groups in total. The highest BCUT2D eigenvalue weighted by molar-refractivity contribution is 5.74. The summed E-state index contributed by atoms with van der Waals surface area (Å²) >= 11 is 0. The second-order valence-electron chi connectivity index (χ2n) is 3.45. The molecule has 14 heavy (non-hydrogen) atoms. The van der Waals surface area contributed by atoms with E-state index in [4.69, 9.17) is 10.00 Å². The molecule has 0 aromatic rings. The van der Waals surface area contributed by atoms with Crippen molar-refractivity contribution >= 4 is 6.03 Å². The molecule has 2 amide bonds. The van der Waals surface area contributed by atoms with Crippen LogP contribution in [-0.2, 0) is 4.74 Å². The van der Waals surface area contributed by atoms with E-state index in [0.717, 1.165) is 6.42 Å². The molecule has 1 fully saturated rings. The fourth-order valence-corrected chi connectivity index (χ4v) is 1.18. The minimum atomic E-state index is -0.220. The van der Waals surface area contributed by atoms with Gasteiger partial charge in [0.2, 0.25) is 0 Å². The average molecular weight is 197 g/mol. The van der Waals surface area contributed by atoms with Crippen LogP contribution in [0.2, 0.25) is 0 Å². The minimum Gasteiger partial charge on any atom is -0.379 e. The number of nitriles is 1. The number of hydrogen-bond acceptors (Lipinski definition) is 3. The molecule has 78 valence electrons. The Morgan fingerprint density at radius 3 is 3.14 bits per heavy atom. The monoisotopic (exact) mass is 197 g/mol. The zero-order valence-electron chi connectivity index (χ0n) is 8.25. The van der Waals surface area contributed by atoms with Crippen molar-refractivity contribution in [3.05, 3.63) is 0 Å². The predicted molar refractivity (Wildman–Crippen MR) is 50.5 cm³/mol. The molecule has 2 unspecified atom stereocenters. The van der Waals surface area contributed by atoms with Crippen molar-refractivity contribution in [2.75, 3.05) is 19.8 Å². The van der Waals surface area contributed by atoms with Crippen molar-refractivity contribution in [3.8, 4) is 6.07 Å². The molecule has 5 nitrogen and oxygen atoms in total. The molecular weight excluding hydrogens is 182 g/mol. The molecule has 1 saturated heterocycles. The molecule has 1 aliphatic rings. The van der Waals surface area contributed by atoms with Crippen LogP contribution in [0.3, 0.4) is 0 Å². The summed E-state index contributed by atoms with van der Waals surface area (Å²) in [7, 11) is 0. The van der Waals surface area contributed by atoms with Gasteiger partial charge in [0, 0.05) is 13.2 Å². The first kappa shape index (κ1) is 10.8. The molecule has 0 spiro atoms. The zero-order valence-corrected chi connectivity index (χ0v) is 8.25. The molecule has 0 saturated carbocycles. The van der Waals surface area contributed by atoms with Crippen molar-refractivity contribution < 1.29 is 9.53 Å². The lowest BCUT2D eigenvalue weighted by atomic mass is 10.2. The van der Waals surface area contributed by atoms with Gasteiger partial charge in [0.15, 0.2) is 0 Å². The number of hydrogen-bond donors (Lipinski definition) is 2. The summed E-state index contributed by atoms with van der Waals surface area (Å²) in [5.74, 6) is -0.152. The number of carbonyl (C=O) groups excluding carboxylic acids is 1. The van der Waals surface area contributed by atoms with Crippen LogP contribution in [0.1, 0.15) is 13.3 Å². The van der Waals surface area contributed by atoms with Gasteiger partial charge in [0.1, 0.15) is 0 Å². The molecule has 1 rings (SSSR count). The maximum absolute atomic E-state index is 11.2. The van der Waals surface area contributed by atoms with Crippen molar-refractivity contribution in [2.24, 2.45) is 5.92 Å². The number of rotatable bonds is 3. The van der Waals surface area contributed by atoms with Gasteiger partial charge >= 0.3 is 6.03 Å². The van der Waals surface area contributed by atoms with E-state index in [9.17, 15) is 4.79 Å². The van der Waals surface area contributed by atoms with Gasteiger partial charge in [-0.2, -0.15) is 5.26 Å². The van der Waals surface area contributed by atoms with Gasteiger partial charge < -0.3 is 15.4 Å². The number of nitrogens with zero attached hydrogens (tertiary/aromatic N) is 1. The van der Waals surface area contributed by atoms with Crippen LogP contribution in [-0.4, -0.2) is 31.8 Å². The molecule has 5 heteroatoms. The van der Waals surface area contributed by atoms with E-state index in [0.29, 0.717) is 19.8 Å². The van der Waals surface area contributed by atoms with Gasteiger partial charge in [0.25, 0.3) is 0 Å². The highest BCUT2D eigenvalue weighted by atomic mass is 16.5. The third kappa shape index (κ3) is 3.62. The Morgan fingerprint density at radius 1 is 1.79 bits per heavy atom. The largest absolute Gasteiger partial charge is 0.379 e. The summed E-state index contributed by atoms with van der Waals surface area (Å²) in [5.41, 5.74) is 0. The maximum atomic E-state index is 11.2. The van der Waals surface area contributed by atoms with Crippen LogP contribution in [0.5, 0.6) is 0 Å². The van der Waals surface area contributed by atoms with Crippen molar-refractivity contribution in [3.63, 3.8) is 0 Å². The number of urea groups is 1. The fourth-order valence-electron chi connectivity index (χ4n) is 1.18. The van der Waals surface area contributed by atoms with E-state index in [1.807, 2.05) is 6.07 Å². The molecule has 0 aromatic carbocycles. The highest BCUT2D eigenvalue weighted by Gasteiger charge is 2.17. The van der Waals surface area contributed by atoms with E-state index in [1.165, 1.54) is 0 Å².